The molecule has 0 saturated carbocycles. The van der Waals surface area contributed by atoms with Crippen LogP contribution in [-0.4, -0.2) is 6.04 Å². The highest BCUT2D eigenvalue weighted by atomic mass is 79.9. The van der Waals surface area contributed by atoms with Crippen molar-refractivity contribution < 1.29 is 17.6 Å². The van der Waals surface area contributed by atoms with E-state index in [9.17, 15) is 17.6 Å². The van der Waals surface area contributed by atoms with Crippen LogP contribution >= 0.6 is 15.9 Å². The van der Waals surface area contributed by atoms with Gasteiger partial charge in [-0.05, 0) is 31.0 Å². The van der Waals surface area contributed by atoms with Gasteiger partial charge in [0.15, 0.2) is 23.3 Å². The highest BCUT2D eigenvalue weighted by molar-refractivity contribution is 9.10. The molecule has 112 valence electrons. The monoisotopic (exact) mass is 361 g/mol. The molecule has 0 heterocycles. The quantitative estimate of drug-likeness (QED) is 0.593. The summed E-state index contributed by atoms with van der Waals surface area (Å²) in [6.07, 6.45) is 0.449. The fourth-order valence-corrected chi connectivity index (χ4v) is 2.24. The minimum Gasteiger partial charge on any atom is -0.377 e. The Morgan fingerprint density at radius 1 is 1.00 bits per heavy atom. The molecule has 0 spiro atoms. The molecular weight excluding hydrogens is 350 g/mol. The van der Waals surface area contributed by atoms with Crippen LogP contribution < -0.4 is 5.32 Å². The van der Waals surface area contributed by atoms with E-state index in [1.54, 1.807) is 6.92 Å². The molecule has 0 aliphatic rings. The summed E-state index contributed by atoms with van der Waals surface area (Å²) in [6.45, 7) is 1.67. The molecule has 21 heavy (non-hydrogen) atoms. The number of nitrogens with one attached hydrogen (secondary N) is 1. The summed E-state index contributed by atoms with van der Waals surface area (Å²) in [5.41, 5.74) is 0.146. The lowest BCUT2D eigenvalue weighted by Gasteiger charge is -2.17. The molecule has 0 aliphatic heterocycles. The van der Waals surface area contributed by atoms with Crippen molar-refractivity contribution in [1.29, 1.82) is 0 Å². The van der Waals surface area contributed by atoms with Gasteiger partial charge in [-0.1, -0.05) is 28.1 Å². The fraction of sp³-hybridized carbons (Fsp3) is 0.200. The largest absolute Gasteiger partial charge is 0.377 e. The molecule has 0 bridgehead atoms. The van der Waals surface area contributed by atoms with Crippen LogP contribution in [-0.2, 0) is 6.42 Å². The summed E-state index contributed by atoms with van der Waals surface area (Å²) < 4.78 is 54.2. The van der Waals surface area contributed by atoms with Crippen LogP contribution in [0.15, 0.2) is 34.8 Å². The van der Waals surface area contributed by atoms with Gasteiger partial charge >= 0.3 is 0 Å². The maximum absolute atomic E-state index is 13.5. The van der Waals surface area contributed by atoms with Crippen LogP contribution in [0, 0.1) is 23.3 Å². The first-order chi connectivity index (χ1) is 9.88. The molecule has 0 aromatic heterocycles. The van der Waals surface area contributed by atoms with Gasteiger partial charge in [-0.25, -0.2) is 17.6 Å². The molecule has 0 aliphatic carbocycles. The summed E-state index contributed by atoms with van der Waals surface area (Å²) in [4.78, 5) is 0. The smallest absolute Gasteiger partial charge is 0.185 e. The number of hydrogen-bond acceptors (Lipinski definition) is 1. The number of hydrogen-bond donors (Lipinski definition) is 1. The van der Waals surface area contributed by atoms with Crippen LogP contribution in [0.1, 0.15) is 12.5 Å². The summed E-state index contributed by atoms with van der Waals surface area (Å²) in [6, 6.07) is 7.16. The number of rotatable bonds is 4. The zero-order chi connectivity index (χ0) is 15.6. The zero-order valence-electron chi connectivity index (χ0n) is 11.1. The van der Waals surface area contributed by atoms with Crippen LogP contribution in [0.5, 0.6) is 0 Å². The lowest BCUT2D eigenvalue weighted by Crippen LogP contribution is -2.20. The predicted octanol–water partition coefficient (Wildman–Crippen LogP) is 5.05. The van der Waals surface area contributed by atoms with Crippen LogP contribution in [0.25, 0.3) is 0 Å². The molecule has 1 atom stereocenters. The number of anilines is 1. The molecular formula is C15H12BrF4N. The standard InChI is InChI=1S/C15H12BrF4N/c1-8(6-9-2-4-10(16)5-3-9)21-15-13(19)11(17)7-12(18)14(15)20/h2-5,7-8,21H,6H2,1H3. The Hall–Kier alpha value is -1.56. The van der Waals surface area contributed by atoms with E-state index in [2.05, 4.69) is 21.2 Å². The maximum atomic E-state index is 13.5. The summed E-state index contributed by atoms with van der Waals surface area (Å²) in [7, 11) is 0. The van der Waals surface area contributed by atoms with Crippen molar-refractivity contribution in [2.75, 3.05) is 5.32 Å². The van der Waals surface area contributed by atoms with E-state index in [0.29, 0.717) is 6.42 Å². The first kappa shape index (κ1) is 15.8. The van der Waals surface area contributed by atoms with E-state index in [1.165, 1.54) is 0 Å². The number of benzene rings is 2. The second-order valence-electron chi connectivity index (χ2n) is 4.72. The molecule has 1 unspecified atom stereocenters. The van der Waals surface area contributed by atoms with Gasteiger partial charge in [0.2, 0.25) is 0 Å². The molecule has 1 N–H and O–H groups in total. The lowest BCUT2D eigenvalue weighted by molar-refractivity contribution is 0.456. The minimum absolute atomic E-state index is 0.190. The van der Waals surface area contributed by atoms with E-state index in [1.807, 2.05) is 24.3 Å². The second-order valence-corrected chi connectivity index (χ2v) is 5.63. The van der Waals surface area contributed by atoms with Crippen molar-refractivity contribution in [3.63, 3.8) is 0 Å². The molecule has 0 fully saturated rings. The Labute approximate surface area is 128 Å². The van der Waals surface area contributed by atoms with E-state index < -0.39 is 35.0 Å². The average molecular weight is 362 g/mol. The Bertz CT molecular complexity index is 617. The Morgan fingerprint density at radius 3 is 2.05 bits per heavy atom. The van der Waals surface area contributed by atoms with Crippen molar-refractivity contribution in [1.82, 2.24) is 0 Å². The van der Waals surface area contributed by atoms with Gasteiger partial charge in [0.05, 0.1) is 0 Å². The highest BCUT2D eigenvalue weighted by Crippen LogP contribution is 2.25. The van der Waals surface area contributed by atoms with Gasteiger partial charge in [0.1, 0.15) is 5.69 Å². The molecule has 0 radical (unpaired) electrons. The molecule has 2 rings (SSSR count). The SMILES string of the molecule is CC(Cc1ccc(Br)cc1)Nc1c(F)c(F)cc(F)c1F. The van der Waals surface area contributed by atoms with Crippen LogP contribution in [0.4, 0.5) is 23.2 Å². The van der Waals surface area contributed by atoms with Crippen LogP contribution in [0.3, 0.4) is 0 Å². The van der Waals surface area contributed by atoms with E-state index in [0.717, 1.165) is 10.0 Å². The minimum atomic E-state index is -1.42. The van der Waals surface area contributed by atoms with Gasteiger partial charge in [0.25, 0.3) is 0 Å². The highest BCUT2D eigenvalue weighted by Gasteiger charge is 2.20. The van der Waals surface area contributed by atoms with Crippen molar-refractivity contribution in [2.45, 2.75) is 19.4 Å². The summed E-state index contributed by atoms with van der Waals surface area (Å²) >= 11 is 3.30. The van der Waals surface area contributed by atoms with Crippen LogP contribution in [0.2, 0.25) is 0 Å². The van der Waals surface area contributed by atoms with Crippen molar-refractivity contribution in [3.8, 4) is 0 Å². The summed E-state index contributed by atoms with van der Waals surface area (Å²) in [5, 5.41) is 2.48. The van der Waals surface area contributed by atoms with Gasteiger partial charge < -0.3 is 5.32 Å². The number of halogens is 5. The van der Waals surface area contributed by atoms with Crippen molar-refractivity contribution in [3.05, 3.63) is 63.6 Å². The third-order valence-electron chi connectivity index (χ3n) is 2.96. The molecule has 2 aromatic carbocycles. The topological polar surface area (TPSA) is 12.0 Å². The first-order valence-corrected chi connectivity index (χ1v) is 7.01. The third-order valence-corrected chi connectivity index (χ3v) is 3.49. The Balaban J connectivity index is 2.16. The zero-order valence-corrected chi connectivity index (χ0v) is 12.6. The normalized spacial score (nSPS) is 12.3. The molecule has 1 nitrogen and oxygen atoms in total. The molecule has 0 saturated heterocycles. The van der Waals surface area contributed by atoms with Gasteiger partial charge in [0, 0.05) is 16.6 Å². The van der Waals surface area contributed by atoms with Crippen molar-refractivity contribution in [2.24, 2.45) is 0 Å². The summed E-state index contributed by atoms with van der Waals surface area (Å²) in [5.74, 6) is -5.69. The van der Waals surface area contributed by atoms with E-state index >= 15 is 0 Å². The van der Waals surface area contributed by atoms with Crippen molar-refractivity contribution >= 4 is 21.6 Å². The lowest BCUT2D eigenvalue weighted by atomic mass is 10.1. The Kier molecular flexibility index (Phi) is 4.88. The van der Waals surface area contributed by atoms with E-state index in [-0.39, 0.29) is 6.07 Å². The molecule has 6 heteroatoms. The van der Waals surface area contributed by atoms with Gasteiger partial charge in [-0.3, -0.25) is 0 Å². The van der Waals surface area contributed by atoms with Gasteiger partial charge in [-0.2, -0.15) is 0 Å². The first-order valence-electron chi connectivity index (χ1n) is 6.22. The Morgan fingerprint density at radius 2 is 1.52 bits per heavy atom. The van der Waals surface area contributed by atoms with Gasteiger partial charge in [-0.15, -0.1) is 0 Å². The molecule has 0 amide bonds. The average Bonchev–Trinajstić information content (AvgIpc) is 2.44. The maximum Gasteiger partial charge on any atom is 0.185 e. The third kappa shape index (κ3) is 3.75. The molecule has 2 aromatic rings. The second kappa shape index (κ2) is 6.47. The van der Waals surface area contributed by atoms with E-state index in [4.69, 9.17) is 0 Å². The fourth-order valence-electron chi connectivity index (χ4n) is 1.97. The predicted molar refractivity (Wildman–Crippen MR) is 77.2 cm³/mol.